The summed E-state index contributed by atoms with van der Waals surface area (Å²) < 4.78 is 11.3. The van der Waals surface area contributed by atoms with Gasteiger partial charge in [-0.25, -0.2) is 4.98 Å². The number of nitrogens with zero attached hydrogens (tertiary/aromatic N) is 2. The van der Waals surface area contributed by atoms with Crippen molar-refractivity contribution < 1.29 is 18.9 Å². The van der Waals surface area contributed by atoms with Crippen LogP contribution in [0.4, 0.5) is 11.5 Å². The fraction of sp³-hybridized carbons (Fsp3) is 0.0588. The summed E-state index contributed by atoms with van der Waals surface area (Å²) in [5.74, 6) is 0.406. The second-order valence-electron chi connectivity index (χ2n) is 5.12. The van der Waals surface area contributed by atoms with Crippen LogP contribution in [0.15, 0.2) is 57.6 Å². The van der Waals surface area contributed by atoms with Crippen molar-refractivity contribution in [2.24, 2.45) is 0 Å². The number of amides is 1. The topological polar surface area (TPSA) is 108 Å². The van der Waals surface area contributed by atoms with E-state index in [9.17, 15) is 14.9 Å². The van der Waals surface area contributed by atoms with E-state index in [0.717, 1.165) is 4.47 Å². The van der Waals surface area contributed by atoms with Crippen LogP contribution < -0.4 is 10.1 Å². The maximum atomic E-state index is 12.3. The minimum atomic E-state index is -0.536. The summed E-state index contributed by atoms with van der Waals surface area (Å²) >= 11 is 3.26. The molecule has 132 valence electrons. The molecular weight excluding hydrogens is 406 g/mol. The summed E-state index contributed by atoms with van der Waals surface area (Å²) in [5.41, 5.74) is 0.0665. The molecule has 0 saturated heterocycles. The van der Waals surface area contributed by atoms with Gasteiger partial charge in [-0.3, -0.25) is 14.9 Å². The predicted octanol–water partition coefficient (Wildman–Crippen LogP) is 4.27. The molecule has 0 radical (unpaired) electrons. The minimum Gasteiger partial charge on any atom is -0.497 e. The van der Waals surface area contributed by atoms with Crippen LogP contribution in [-0.2, 0) is 0 Å². The maximum Gasteiger partial charge on any atom is 0.292 e. The smallest absolute Gasteiger partial charge is 0.292 e. The molecule has 0 aliphatic heterocycles. The molecule has 9 heteroatoms. The van der Waals surface area contributed by atoms with E-state index in [1.807, 2.05) is 0 Å². The first-order valence-corrected chi connectivity index (χ1v) is 8.13. The highest BCUT2D eigenvalue weighted by Crippen LogP contribution is 2.34. The van der Waals surface area contributed by atoms with Gasteiger partial charge in [0.25, 0.3) is 11.6 Å². The van der Waals surface area contributed by atoms with Gasteiger partial charge < -0.3 is 14.5 Å². The van der Waals surface area contributed by atoms with Crippen molar-refractivity contribution in [3.8, 4) is 17.1 Å². The zero-order chi connectivity index (χ0) is 18.7. The average Bonchev–Trinajstić information content (AvgIpc) is 3.13. The predicted molar refractivity (Wildman–Crippen MR) is 97.2 cm³/mol. The Hall–Kier alpha value is -3.20. The third kappa shape index (κ3) is 3.72. The fourth-order valence-corrected chi connectivity index (χ4v) is 2.46. The number of nitro benzene ring substituents is 1. The molecule has 0 aliphatic carbocycles. The number of rotatable bonds is 5. The molecule has 3 rings (SSSR count). The number of nitro groups is 1. The molecule has 0 saturated carbocycles. The number of hydrogen-bond acceptors (Lipinski definition) is 6. The van der Waals surface area contributed by atoms with Crippen molar-refractivity contribution in [3.63, 3.8) is 0 Å². The maximum absolute atomic E-state index is 12.3. The molecule has 0 atom stereocenters. The number of carbonyl (C=O) groups is 1. The quantitative estimate of drug-likeness (QED) is 0.490. The summed E-state index contributed by atoms with van der Waals surface area (Å²) in [6, 6.07) is 10.7. The van der Waals surface area contributed by atoms with E-state index in [0.29, 0.717) is 11.6 Å². The summed E-state index contributed by atoms with van der Waals surface area (Å²) in [4.78, 5) is 27.0. The SMILES string of the molecule is COc1ccc(-c2ccc(C(=O)Nc3ccc(Br)cn3)o2)c([N+](=O)[O-])c1. The Labute approximate surface area is 156 Å². The number of furan rings is 1. The Bertz CT molecular complexity index is 969. The van der Waals surface area contributed by atoms with Gasteiger partial charge in [0.1, 0.15) is 17.3 Å². The second-order valence-corrected chi connectivity index (χ2v) is 6.04. The molecule has 26 heavy (non-hydrogen) atoms. The number of hydrogen-bond donors (Lipinski definition) is 1. The Morgan fingerprint density at radius 1 is 1.27 bits per heavy atom. The molecule has 2 aromatic heterocycles. The monoisotopic (exact) mass is 417 g/mol. The van der Waals surface area contributed by atoms with Crippen molar-refractivity contribution in [1.82, 2.24) is 4.98 Å². The molecule has 0 aliphatic rings. The van der Waals surface area contributed by atoms with E-state index >= 15 is 0 Å². The standard InChI is InChI=1S/C17H12BrN3O5/c1-25-11-3-4-12(13(8-11)21(23)24)14-5-6-15(26-14)17(22)20-16-7-2-10(18)9-19-16/h2-9H,1H3,(H,19,20,22). The van der Waals surface area contributed by atoms with E-state index in [2.05, 4.69) is 26.2 Å². The van der Waals surface area contributed by atoms with Gasteiger partial charge in [-0.2, -0.15) is 0 Å². The van der Waals surface area contributed by atoms with Gasteiger partial charge in [0.2, 0.25) is 0 Å². The zero-order valence-electron chi connectivity index (χ0n) is 13.4. The van der Waals surface area contributed by atoms with Crippen molar-refractivity contribution in [2.45, 2.75) is 0 Å². The number of pyridine rings is 1. The van der Waals surface area contributed by atoms with Crippen LogP contribution in [0.3, 0.4) is 0 Å². The van der Waals surface area contributed by atoms with Gasteiger partial charge in [0.15, 0.2) is 5.76 Å². The Morgan fingerprint density at radius 3 is 2.73 bits per heavy atom. The number of benzene rings is 1. The summed E-state index contributed by atoms with van der Waals surface area (Å²) in [7, 11) is 1.42. The molecule has 0 fully saturated rings. The highest BCUT2D eigenvalue weighted by molar-refractivity contribution is 9.10. The van der Waals surface area contributed by atoms with E-state index in [1.165, 1.54) is 31.4 Å². The van der Waals surface area contributed by atoms with Gasteiger partial charge >= 0.3 is 0 Å². The number of methoxy groups -OCH3 is 1. The molecule has 0 spiro atoms. The average molecular weight is 418 g/mol. The van der Waals surface area contributed by atoms with Gasteiger partial charge in [0.05, 0.1) is 23.7 Å². The molecule has 1 aromatic carbocycles. The molecule has 8 nitrogen and oxygen atoms in total. The molecule has 2 heterocycles. The van der Waals surface area contributed by atoms with Crippen molar-refractivity contribution >= 4 is 33.3 Å². The highest BCUT2D eigenvalue weighted by Gasteiger charge is 2.21. The van der Waals surface area contributed by atoms with Crippen LogP contribution in [0, 0.1) is 10.1 Å². The number of nitrogens with one attached hydrogen (secondary N) is 1. The fourth-order valence-electron chi connectivity index (χ4n) is 2.23. The molecular formula is C17H12BrN3O5. The lowest BCUT2D eigenvalue weighted by Gasteiger charge is -2.04. The van der Waals surface area contributed by atoms with Crippen LogP contribution in [0.1, 0.15) is 10.6 Å². The summed E-state index contributed by atoms with van der Waals surface area (Å²) in [5, 5.41) is 13.9. The minimum absolute atomic E-state index is 0.00911. The highest BCUT2D eigenvalue weighted by atomic mass is 79.9. The van der Waals surface area contributed by atoms with E-state index in [1.54, 1.807) is 24.4 Å². The van der Waals surface area contributed by atoms with Gasteiger partial charge in [-0.05, 0) is 52.3 Å². The first kappa shape index (κ1) is 17.6. The molecule has 0 bridgehead atoms. The lowest BCUT2D eigenvalue weighted by atomic mass is 10.1. The normalized spacial score (nSPS) is 10.4. The van der Waals surface area contributed by atoms with Crippen LogP contribution in [0.5, 0.6) is 5.75 Å². The van der Waals surface area contributed by atoms with Crippen molar-refractivity contribution in [3.05, 3.63) is 69.0 Å². The van der Waals surface area contributed by atoms with Gasteiger partial charge in [-0.15, -0.1) is 0 Å². The van der Waals surface area contributed by atoms with Crippen LogP contribution >= 0.6 is 15.9 Å². The van der Waals surface area contributed by atoms with Crippen LogP contribution in [-0.4, -0.2) is 22.9 Å². The first-order valence-electron chi connectivity index (χ1n) is 7.33. The van der Waals surface area contributed by atoms with Gasteiger partial charge in [0, 0.05) is 10.7 Å². The lowest BCUT2D eigenvalue weighted by molar-refractivity contribution is -0.384. The van der Waals surface area contributed by atoms with E-state index in [-0.39, 0.29) is 22.8 Å². The Kier molecular flexibility index (Phi) is 4.99. The van der Waals surface area contributed by atoms with Crippen molar-refractivity contribution in [1.29, 1.82) is 0 Å². The molecule has 3 aromatic rings. The van der Waals surface area contributed by atoms with E-state index < -0.39 is 10.8 Å². The summed E-state index contributed by atoms with van der Waals surface area (Å²) in [6.45, 7) is 0. The Balaban J connectivity index is 1.86. The molecule has 1 amide bonds. The number of carbonyl (C=O) groups excluding carboxylic acids is 1. The van der Waals surface area contributed by atoms with Crippen molar-refractivity contribution in [2.75, 3.05) is 12.4 Å². The summed E-state index contributed by atoms with van der Waals surface area (Å²) in [6.07, 6.45) is 1.55. The Morgan fingerprint density at radius 2 is 2.08 bits per heavy atom. The molecule has 0 unspecified atom stereocenters. The number of ether oxygens (including phenoxy) is 1. The number of halogens is 1. The number of anilines is 1. The second kappa shape index (κ2) is 7.36. The third-order valence-corrected chi connectivity index (χ3v) is 3.93. The first-order chi connectivity index (χ1) is 12.5. The third-order valence-electron chi connectivity index (χ3n) is 3.47. The van der Waals surface area contributed by atoms with Gasteiger partial charge in [-0.1, -0.05) is 0 Å². The van der Waals surface area contributed by atoms with Crippen LogP contribution in [0.2, 0.25) is 0 Å². The van der Waals surface area contributed by atoms with Crippen LogP contribution in [0.25, 0.3) is 11.3 Å². The molecule has 1 N–H and O–H groups in total. The van der Waals surface area contributed by atoms with E-state index in [4.69, 9.17) is 9.15 Å². The zero-order valence-corrected chi connectivity index (χ0v) is 15.0. The number of aromatic nitrogens is 1. The lowest BCUT2D eigenvalue weighted by Crippen LogP contribution is -2.11. The largest absolute Gasteiger partial charge is 0.497 e.